The van der Waals surface area contributed by atoms with E-state index < -0.39 is 5.60 Å². The molecule has 0 spiro atoms. The zero-order valence-electron chi connectivity index (χ0n) is 11.8. The minimum atomic E-state index is -1.21. The summed E-state index contributed by atoms with van der Waals surface area (Å²) in [7, 11) is 0. The van der Waals surface area contributed by atoms with Gasteiger partial charge in [0, 0.05) is 5.02 Å². The zero-order valence-corrected chi connectivity index (χ0v) is 12.6. The summed E-state index contributed by atoms with van der Waals surface area (Å²) in [6, 6.07) is 14.3. The smallest absolute Gasteiger partial charge is 0.150 e. The molecule has 1 atom stereocenters. The summed E-state index contributed by atoms with van der Waals surface area (Å²) in [5, 5.41) is 11.1. The van der Waals surface area contributed by atoms with Gasteiger partial charge in [0.15, 0.2) is 5.60 Å². The topological polar surface area (TPSA) is 29.5 Å². The van der Waals surface area contributed by atoms with E-state index in [2.05, 4.69) is 5.92 Å². The summed E-state index contributed by atoms with van der Waals surface area (Å²) in [5.74, 6) is 3.85. The minimum Gasteiger partial charge on any atom is -0.457 e. The SMILES string of the molecule is C#CC(O)(CCC)c1ccc(Oc2ccc(Cl)cc2)cc1. The molecule has 0 aliphatic rings. The Morgan fingerprint density at radius 3 is 2.10 bits per heavy atom. The van der Waals surface area contributed by atoms with Crippen LogP contribution in [0.4, 0.5) is 0 Å². The van der Waals surface area contributed by atoms with Crippen LogP contribution in [0.3, 0.4) is 0 Å². The molecule has 0 fully saturated rings. The molecule has 2 aromatic carbocycles. The molecule has 0 saturated carbocycles. The lowest BCUT2D eigenvalue weighted by molar-refractivity contribution is 0.0895. The van der Waals surface area contributed by atoms with E-state index in [4.69, 9.17) is 22.8 Å². The second-order valence-electron chi connectivity index (χ2n) is 4.83. The van der Waals surface area contributed by atoms with Crippen LogP contribution in [0.5, 0.6) is 11.5 Å². The Balaban J connectivity index is 2.15. The molecule has 0 radical (unpaired) electrons. The number of aliphatic hydroxyl groups is 1. The Bertz CT molecular complexity index is 626. The maximum atomic E-state index is 10.4. The molecular formula is C18H17ClO2. The van der Waals surface area contributed by atoms with Gasteiger partial charge in [-0.25, -0.2) is 0 Å². The molecule has 3 heteroatoms. The third-order valence-electron chi connectivity index (χ3n) is 3.23. The molecule has 21 heavy (non-hydrogen) atoms. The van der Waals surface area contributed by atoms with E-state index in [1.54, 1.807) is 48.5 Å². The molecule has 0 bridgehead atoms. The average molecular weight is 301 g/mol. The van der Waals surface area contributed by atoms with E-state index in [-0.39, 0.29) is 0 Å². The quantitative estimate of drug-likeness (QED) is 0.807. The summed E-state index contributed by atoms with van der Waals surface area (Å²) in [6.45, 7) is 1.99. The number of terminal acetylenes is 1. The molecule has 2 rings (SSSR count). The molecule has 0 amide bonds. The second-order valence-corrected chi connectivity index (χ2v) is 5.27. The molecule has 1 N–H and O–H groups in total. The van der Waals surface area contributed by atoms with Gasteiger partial charge >= 0.3 is 0 Å². The first-order valence-electron chi connectivity index (χ1n) is 6.81. The highest BCUT2D eigenvalue weighted by atomic mass is 35.5. The van der Waals surface area contributed by atoms with Crippen LogP contribution in [0.2, 0.25) is 5.02 Å². The predicted octanol–water partition coefficient (Wildman–Crippen LogP) is 4.75. The number of hydrogen-bond donors (Lipinski definition) is 1. The van der Waals surface area contributed by atoms with Crippen LogP contribution >= 0.6 is 11.6 Å². The van der Waals surface area contributed by atoms with Gasteiger partial charge in [-0.3, -0.25) is 0 Å². The monoisotopic (exact) mass is 300 g/mol. The predicted molar refractivity (Wildman–Crippen MR) is 85.6 cm³/mol. The van der Waals surface area contributed by atoms with Gasteiger partial charge in [-0.2, -0.15) is 0 Å². The maximum Gasteiger partial charge on any atom is 0.150 e. The largest absolute Gasteiger partial charge is 0.457 e. The van der Waals surface area contributed by atoms with Crippen molar-refractivity contribution in [3.63, 3.8) is 0 Å². The van der Waals surface area contributed by atoms with Gasteiger partial charge in [-0.05, 0) is 48.4 Å². The molecule has 0 aromatic heterocycles. The standard InChI is InChI=1S/C18H17ClO2/c1-3-13-18(20,4-2)14-5-9-16(10-6-14)21-17-11-7-15(19)8-12-17/h2,5-12,20H,3,13H2,1H3. The summed E-state index contributed by atoms with van der Waals surface area (Å²) in [4.78, 5) is 0. The van der Waals surface area contributed by atoms with Crippen molar-refractivity contribution in [2.45, 2.75) is 25.4 Å². The van der Waals surface area contributed by atoms with Crippen molar-refractivity contribution in [2.24, 2.45) is 0 Å². The maximum absolute atomic E-state index is 10.4. The number of ether oxygens (including phenoxy) is 1. The Hall–Kier alpha value is -1.95. The lowest BCUT2D eigenvalue weighted by atomic mass is 9.90. The van der Waals surface area contributed by atoms with E-state index in [0.717, 1.165) is 6.42 Å². The molecule has 2 nitrogen and oxygen atoms in total. The Morgan fingerprint density at radius 2 is 1.62 bits per heavy atom. The van der Waals surface area contributed by atoms with Gasteiger partial charge in [-0.15, -0.1) is 6.42 Å². The summed E-state index contributed by atoms with van der Waals surface area (Å²) in [6.07, 6.45) is 6.80. The van der Waals surface area contributed by atoms with Crippen molar-refractivity contribution >= 4 is 11.6 Å². The van der Waals surface area contributed by atoms with E-state index in [0.29, 0.717) is 28.5 Å². The first-order chi connectivity index (χ1) is 10.1. The van der Waals surface area contributed by atoms with E-state index >= 15 is 0 Å². The van der Waals surface area contributed by atoms with Crippen molar-refractivity contribution in [2.75, 3.05) is 0 Å². The minimum absolute atomic E-state index is 0.529. The highest BCUT2D eigenvalue weighted by Crippen LogP contribution is 2.29. The van der Waals surface area contributed by atoms with E-state index in [9.17, 15) is 5.11 Å². The molecule has 2 aromatic rings. The summed E-state index contributed by atoms with van der Waals surface area (Å²) >= 11 is 5.83. The molecule has 0 aliphatic heterocycles. The molecular weight excluding hydrogens is 284 g/mol. The number of halogens is 1. The molecule has 1 unspecified atom stereocenters. The fourth-order valence-corrected chi connectivity index (χ4v) is 2.23. The second kappa shape index (κ2) is 6.67. The Morgan fingerprint density at radius 1 is 1.10 bits per heavy atom. The van der Waals surface area contributed by atoms with Crippen LogP contribution in [-0.2, 0) is 5.60 Å². The van der Waals surface area contributed by atoms with Gasteiger partial charge in [0.1, 0.15) is 11.5 Å². The fourth-order valence-electron chi connectivity index (χ4n) is 2.10. The van der Waals surface area contributed by atoms with Crippen molar-refractivity contribution in [1.29, 1.82) is 0 Å². The zero-order chi connectivity index (χ0) is 15.3. The van der Waals surface area contributed by atoms with Crippen molar-refractivity contribution in [3.8, 4) is 23.8 Å². The van der Waals surface area contributed by atoms with Gasteiger partial charge < -0.3 is 9.84 Å². The van der Waals surface area contributed by atoms with Crippen molar-refractivity contribution in [1.82, 2.24) is 0 Å². The first kappa shape index (κ1) is 15.4. The van der Waals surface area contributed by atoms with Crippen LogP contribution in [0.25, 0.3) is 0 Å². The van der Waals surface area contributed by atoms with Gasteiger partial charge in [0.2, 0.25) is 0 Å². The van der Waals surface area contributed by atoms with Crippen LogP contribution in [-0.4, -0.2) is 5.11 Å². The molecule has 108 valence electrons. The van der Waals surface area contributed by atoms with E-state index in [1.165, 1.54) is 0 Å². The number of hydrogen-bond acceptors (Lipinski definition) is 2. The van der Waals surface area contributed by atoms with Crippen molar-refractivity contribution in [3.05, 3.63) is 59.1 Å². The molecule has 0 aliphatic carbocycles. The highest BCUT2D eigenvalue weighted by molar-refractivity contribution is 6.30. The fraction of sp³-hybridized carbons (Fsp3) is 0.222. The summed E-state index contributed by atoms with van der Waals surface area (Å²) in [5.41, 5.74) is -0.511. The van der Waals surface area contributed by atoms with Crippen LogP contribution < -0.4 is 4.74 Å². The lowest BCUT2D eigenvalue weighted by Gasteiger charge is -2.22. The van der Waals surface area contributed by atoms with Gasteiger partial charge in [0.25, 0.3) is 0 Å². The normalized spacial score (nSPS) is 13.2. The first-order valence-corrected chi connectivity index (χ1v) is 7.19. The Kier molecular flexibility index (Phi) is 4.90. The van der Waals surface area contributed by atoms with Gasteiger partial charge in [0.05, 0.1) is 0 Å². The number of benzene rings is 2. The summed E-state index contributed by atoms with van der Waals surface area (Å²) < 4.78 is 5.70. The Labute approximate surface area is 130 Å². The highest BCUT2D eigenvalue weighted by Gasteiger charge is 2.25. The molecule has 0 heterocycles. The third-order valence-corrected chi connectivity index (χ3v) is 3.48. The third kappa shape index (κ3) is 3.78. The molecule has 0 saturated heterocycles. The lowest BCUT2D eigenvalue weighted by Crippen LogP contribution is -2.22. The average Bonchev–Trinajstić information content (AvgIpc) is 2.50. The van der Waals surface area contributed by atoms with Crippen molar-refractivity contribution < 1.29 is 9.84 Å². The van der Waals surface area contributed by atoms with Crippen LogP contribution in [0.1, 0.15) is 25.3 Å². The van der Waals surface area contributed by atoms with Gasteiger partial charge in [-0.1, -0.05) is 43.0 Å². The van der Waals surface area contributed by atoms with Crippen LogP contribution in [0.15, 0.2) is 48.5 Å². The van der Waals surface area contributed by atoms with E-state index in [1.807, 2.05) is 6.92 Å². The van der Waals surface area contributed by atoms with Crippen LogP contribution in [0, 0.1) is 12.3 Å². The number of rotatable bonds is 5.